The van der Waals surface area contributed by atoms with Gasteiger partial charge in [0.2, 0.25) is 5.78 Å². The highest BCUT2D eigenvalue weighted by Gasteiger charge is 2.31. The first-order valence-electron chi connectivity index (χ1n) is 11.2. The Kier molecular flexibility index (Phi) is 5.92. The molecule has 0 aliphatic carbocycles. The van der Waals surface area contributed by atoms with Crippen LogP contribution in [0.25, 0.3) is 11.0 Å². The average Bonchev–Trinajstić information content (AvgIpc) is 3.52. The minimum absolute atomic E-state index is 0.212. The van der Waals surface area contributed by atoms with Gasteiger partial charge in [0.25, 0.3) is 11.8 Å². The number of nitrogens with two attached hydrogens (primary N) is 1. The van der Waals surface area contributed by atoms with Gasteiger partial charge in [0.15, 0.2) is 11.6 Å². The SMILES string of the molecule is CC(N)=NC(=O)[C@@H]1CCN(c2nccnc2Oc2ccc(C(=O)c3nc4ccccc4[nH]3)cc2)C1. The van der Waals surface area contributed by atoms with Crippen molar-refractivity contribution in [3.8, 4) is 11.6 Å². The van der Waals surface area contributed by atoms with Crippen LogP contribution in [0.3, 0.4) is 0 Å². The summed E-state index contributed by atoms with van der Waals surface area (Å²) in [5, 5.41) is 0. The van der Waals surface area contributed by atoms with Gasteiger partial charge in [-0.1, -0.05) is 12.1 Å². The van der Waals surface area contributed by atoms with Crippen molar-refractivity contribution in [2.45, 2.75) is 13.3 Å². The Morgan fingerprint density at radius 1 is 1.11 bits per heavy atom. The summed E-state index contributed by atoms with van der Waals surface area (Å²) >= 11 is 0. The van der Waals surface area contributed by atoms with Gasteiger partial charge in [-0.05, 0) is 49.7 Å². The van der Waals surface area contributed by atoms with Gasteiger partial charge in [-0.25, -0.2) is 19.9 Å². The van der Waals surface area contributed by atoms with Gasteiger partial charge >= 0.3 is 0 Å². The molecule has 3 N–H and O–H groups in total. The van der Waals surface area contributed by atoms with Crippen LogP contribution in [0.1, 0.15) is 29.5 Å². The van der Waals surface area contributed by atoms with Crippen molar-refractivity contribution in [3.05, 3.63) is 72.3 Å². The smallest absolute Gasteiger partial charge is 0.263 e. The number of nitrogens with one attached hydrogen (secondary N) is 1. The van der Waals surface area contributed by atoms with Crippen molar-refractivity contribution in [2.75, 3.05) is 18.0 Å². The zero-order valence-electron chi connectivity index (χ0n) is 19.0. The number of hydrogen-bond donors (Lipinski definition) is 2. The number of para-hydroxylation sites is 2. The molecule has 1 atom stereocenters. The Balaban J connectivity index is 1.30. The molecule has 1 aliphatic heterocycles. The van der Waals surface area contributed by atoms with Gasteiger partial charge in [0.1, 0.15) is 5.75 Å². The van der Waals surface area contributed by atoms with E-state index >= 15 is 0 Å². The quantitative estimate of drug-likeness (QED) is 0.249. The molecule has 1 saturated heterocycles. The van der Waals surface area contributed by atoms with E-state index in [0.717, 1.165) is 11.0 Å². The van der Waals surface area contributed by atoms with Crippen molar-refractivity contribution in [1.29, 1.82) is 0 Å². The predicted octanol–water partition coefficient (Wildman–Crippen LogP) is 3.11. The van der Waals surface area contributed by atoms with Crippen LogP contribution in [-0.2, 0) is 4.79 Å². The number of amides is 1. The molecule has 0 bridgehead atoms. The summed E-state index contributed by atoms with van der Waals surface area (Å²) < 4.78 is 5.99. The second kappa shape index (κ2) is 9.34. The van der Waals surface area contributed by atoms with Crippen LogP contribution in [0, 0.1) is 5.92 Å². The van der Waals surface area contributed by atoms with Gasteiger partial charge in [-0.15, -0.1) is 0 Å². The average molecular weight is 470 g/mol. The van der Waals surface area contributed by atoms with Crippen molar-refractivity contribution in [1.82, 2.24) is 19.9 Å². The van der Waals surface area contributed by atoms with Crippen LogP contribution in [0.4, 0.5) is 5.82 Å². The lowest BCUT2D eigenvalue weighted by Crippen LogP contribution is -2.24. The molecule has 1 amide bonds. The Labute approximate surface area is 200 Å². The second-order valence-electron chi connectivity index (χ2n) is 8.27. The van der Waals surface area contributed by atoms with Crippen LogP contribution in [0.15, 0.2) is 65.9 Å². The number of nitrogens with zero attached hydrogens (tertiary/aromatic N) is 5. The van der Waals surface area contributed by atoms with Gasteiger partial charge in [0, 0.05) is 31.0 Å². The molecule has 10 heteroatoms. The highest BCUT2D eigenvalue weighted by Crippen LogP contribution is 2.32. The number of hydrogen-bond acceptors (Lipinski definition) is 7. The number of benzene rings is 2. The van der Waals surface area contributed by atoms with Crippen LogP contribution in [0.5, 0.6) is 11.6 Å². The maximum absolute atomic E-state index is 12.9. The summed E-state index contributed by atoms with van der Waals surface area (Å²) in [6.07, 6.45) is 3.76. The molecule has 0 unspecified atom stereocenters. The van der Waals surface area contributed by atoms with Gasteiger partial charge in [-0.3, -0.25) is 9.59 Å². The summed E-state index contributed by atoms with van der Waals surface area (Å²) in [5.74, 6) is 1.19. The standard InChI is InChI=1S/C25H23N7O3/c1-15(26)29-24(34)17-10-13-32(14-17)23-25(28-12-11-27-23)35-18-8-6-16(7-9-18)21(33)22-30-19-4-2-3-5-20(19)31-22/h2-9,11-12,17H,10,13-14H2,1H3,(H,30,31)(H2,26,29,34)/t17-/m1/s1. The third-order valence-corrected chi connectivity index (χ3v) is 5.71. The largest absolute Gasteiger partial charge is 0.436 e. The van der Waals surface area contributed by atoms with Crippen LogP contribution in [-0.4, -0.2) is 50.6 Å². The third-order valence-electron chi connectivity index (χ3n) is 5.71. The minimum Gasteiger partial charge on any atom is -0.436 e. The zero-order valence-corrected chi connectivity index (χ0v) is 19.0. The minimum atomic E-state index is -0.257. The van der Waals surface area contributed by atoms with E-state index in [0.29, 0.717) is 42.5 Å². The Bertz CT molecular complexity index is 1390. The molecule has 0 radical (unpaired) electrons. The number of fused-ring (bicyclic) bond motifs is 1. The van der Waals surface area contributed by atoms with E-state index in [-0.39, 0.29) is 29.3 Å². The van der Waals surface area contributed by atoms with E-state index in [9.17, 15) is 9.59 Å². The molecule has 2 aromatic heterocycles. The summed E-state index contributed by atoms with van der Waals surface area (Å²) in [4.78, 5) is 47.1. The molecule has 1 fully saturated rings. The fourth-order valence-electron chi connectivity index (χ4n) is 4.01. The van der Waals surface area contributed by atoms with Crippen molar-refractivity contribution in [3.63, 3.8) is 0 Å². The van der Waals surface area contributed by atoms with Gasteiger partial charge in [-0.2, -0.15) is 0 Å². The summed E-state index contributed by atoms with van der Waals surface area (Å²) in [6.45, 7) is 2.67. The first-order chi connectivity index (χ1) is 17.0. The molecule has 3 heterocycles. The summed E-state index contributed by atoms with van der Waals surface area (Å²) in [6, 6.07) is 14.2. The number of rotatable bonds is 6. The Morgan fingerprint density at radius 2 is 1.89 bits per heavy atom. The molecule has 1 aliphatic rings. The van der Waals surface area contributed by atoms with E-state index in [1.54, 1.807) is 43.6 Å². The number of carbonyl (C=O) groups is 2. The van der Waals surface area contributed by atoms with E-state index in [4.69, 9.17) is 10.5 Å². The van der Waals surface area contributed by atoms with Gasteiger partial charge in [0.05, 0.1) is 22.8 Å². The van der Waals surface area contributed by atoms with Crippen molar-refractivity contribution < 1.29 is 14.3 Å². The molecule has 5 rings (SSSR count). The lowest BCUT2D eigenvalue weighted by atomic mass is 10.1. The third kappa shape index (κ3) is 4.72. The molecule has 4 aromatic rings. The number of ether oxygens (including phenoxy) is 1. The topological polar surface area (TPSA) is 139 Å². The molecule has 2 aromatic carbocycles. The maximum atomic E-state index is 12.9. The number of ketones is 1. The second-order valence-corrected chi connectivity index (χ2v) is 8.27. The van der Waals surface area contributed by atoms with Crippen LogP contribution < -0.4 is 15.4 Å². The lowest BCUT2D eigenvalue weighted by Gasteiger charge is -2.19. The van der Waals surface area contributed by atoms with E-state index in [1.165, 1.54) is 0 Å². The number of amidine groups is 1. The highest BCUT2D eigenvalue weighted by molar-refractivity contribution is 6.08. The van der Waals surface area contributed by atoms with Crippen LogP contribution in [0.2, 0.25) is 0 Å². The number of imidazole rings is 1. The van der Waals surface area contributed by atoms with E-state index in [2.05, 4.69) is 24.9 Å². The van der Waals surface area contributed by atoms with Gasteiger partial charge < -0.3 is 20.4 Å². The maximum Gasteiger partial charge on any atom is 0.263 e. The molecular weight excluding hydrogens is 446 g/mol. The van der Waals surface area contributed by atoms with Crippen LogP contribution >= 0.6 is 0 Å². The molecular formula is C25H23N7O3. The lowest BCUT2D eigenvalue weighted by molar-refractivity contribution is -0.120. The first-order valence-corrected chi connectivity index (χ1v) is 11.2. The summed E-state index contributed by atoms with van der Waals surface area (Å²) in [7, 11) is 0. The normalized spacial score (nSPS) is 16.0. The molecule has 176 valence electrons. The Morgan fingerprint density at radius 3 is 2.66 bits per heavy atom. The number of carbonyl (C=O) groups excluding carboxylic acids is 2. The Hall–Kier alpha value is -4.60. The highest BCUT2D eigenvalue weighted by atomic mass is 16.5. The molecule has 0 spiro atoms. The number of aromatic amines is 1. The fraction of sp³-hybridized carbons (Fsp3) is 0.200. The number of aromatic nitrogens is 4. The monoisotopic (exact) mass is 469 g/mol. The molecule has 35 heavy (non-hydrogen) atoms. The first kappa shape index (κ1) is 22.2. The molecule has 10 nitrogen and oxygen atoms in total. The zero-order chi connectivity index (χ0) is 24.4. The number of H-pyrrole nitrogens is 1. The van der Waals surface area contributed by atoms with E-state index < -0.39 is 0 Å². The number of anilines is 1. The van der Waals surface area contributed by atoms with Crippen molar-refractivity contribution in [2.24, 2.45) is 16.6 Å². The fourth-order valence-corrected chi connectivity index (χ4v) is 4.01. The van der Waals surface area contributed by atoms with Crippen molar-refractivity contribution >= 4 is 34.4 Å². The number of aliphatic imine (C=N–C) groups is 1. The summed E-state index contributed by atoms with van der Waals surface area (Å²) in [5.41, 5.74) is 7.57. The molecule has 0 saturated carbocycles. The predicted molar refractivity (Wildman–Crippen MR) is 131 cm³/mol. The van der Waals surface area contributed by atoms with E-state index in [1.807, 2.05) is 29.2 Å².